The molecule has 1 unspecified atom stereocenters. The second kappa shape index (κ2) is 7.20. The summed E-state index contributed by atoms with van der Waals surface area (Å²) in [5.74, 6) is 2.23. The first kappa shape index (κ1) is 17.2. The van der Waals surface area contributed by atoms with Gasteiger partial charge < -0.3 is 14.4 Å². The van der Waals surface area contributed by atoms with Crippen LogP contribution in [0.3, 0.4) is 0 Å². The highest BCUT2D eigenvalue weighted by atomic mass is 16.5. The van der Waals surface area contributed by atoms with Crippen molar-refractivity contribution in [2.24, 2.45) is 7.05 Å². The number of carbonyl (C=O) groups excluding carboxylic acids is 1. The Bertz CT molecular complexity index is 950. The number of aromatic nitrogens is 5. The van der Waals surface area contributed by atoms with Crippen LogP contribution in [0.15, 0.2) is 36.7 Å². The number of carbonyl (C=O) groups is 1. The Kier molecular flexibility index (Phi) is 4.59. The Labute approximate surface area is 155 Å². The van der Waals surface area contributed by atoms with E-state index < -0.39 is 0 Å². The molecule has 3 heterocycles. The molecule has 9 nitrogen and oxygen atoms in total. The summed E-state index contributed by atoms with van der Waals surface area (Å²) in [6.07, 6.45) is 3.01. The zero-order chi connectivity index (χ0) is 18.8. The topological polar surface area (TPSA) is 98.2 Å². The summed E-state index contributed by atoms with van der Waals surface area (Å²) < 4.78 is 13.3. The number of para-hydroxylation sites is 1. The van der Waals surface area contributed by atoms with Crippen LogP contribution in [-0.4, -0.2) is 55.5 Å². The van der Waals surface area contributed by atoms with Crippen molar-refractivity contribution in [2.45, 2.75) is 13.0 Å². The predicted molar refractivity (Wildman–Crippen MR) is 95.4 cm³/mol. The molecule has 1 atom stereocenters. The van der Waals surface area contributed by atoms with E-state index >= 15 is 0 Å². The van der Waals surface area contributed by atoms with Crippen LogP contribution in [0.4, 0.5) is 0 Å². The van der Waals surface area contributed by atoms with Gasteiger partial charge in [0.05, 0.1) is 31.1 Å². The van der Waals surface area contributed by atoms with Crippen LogP contribution >= 0.6 is 0 Å². The lowest BCUT2D eigenvalue weighted by Gasteiger charge is -2.32. The number of nitrogens with zero attached hydrogens (tertiary/aromatic N) is 5. The number of aryl methyl sites for hydroxylation is 2. The van der Waals surface area contributed by atoms with E-state index in [2.05, 4.69) is 20.3 Å². The number of hydrogen-bond acceptors (Lipinski definition) is 6. The number of rotatable bonds is 4. The molecule has 1 N–H and O–H groups in total. The molecule has 2 aromatic heterocycles. The van der Waals surface area contributed by atoms with Crippen molar-refractivity contribution < 1.29 is 14.3 Å². The molecule has 1 aromatic carbocycles. The fourth-order valence-corrected chi connectivity index (χ4v) is 2.98. The van der Waals surface area contributed by atoms with Crippen LogP contribution < -0.4 is 4.74 Å². The van der Waals surface area contributed by atoms with Gasteiger partial charge in [-0.05, 0) is 19.1 Å². The lowest BCUT2D eigenvalue weighted by molar-refractivity contribution is -0.0267. The number of ether oxygens (including phenoxy) is 2. The van der Waals surface area contributed by atoms with Crippen LogP contribution in [0.2, 0.25) is 0 Å². The SMILES string of the molecule is Cc1nc(C2CN(C(=O)c3ccccc3Oc3cnn(C)c3)CCO2)n[nH]1. The lowest BCUT2D eigenvalue weighted by Crippen LogP contribution is -2.42. The maximum Gasteiger partial charge on any atom is 0.257 e. The summed E-state index contributed by atoms with van der Waals surface area (Å²) in [7, 11) is 1.81. The van der Waals surface area contributed by atoms with Crippen molar-refractivity contribution in [2.75, 3.05) is 19.7 Å². The maximum absolute atomic E-state index is 13.1. The number of amides is 1. The summed E-state index contributed by atoms with van der Waals surface area (Å²) in [5.41, 5.74) is 0.494. The number of benzene rings is 1. The van der Waals surface area contributed by atoms with Crippen LogP contribution in [-0.2, 0) is 11.8 Å². The van der Waals surface area contributed by atoms with Gasteiger partial charge in [0.25, 0.3) is 5.91 Å². The Balaban J connectivity index is 1.53. The molecular weight excluding hydrogens is 348 g/mol. The summed E-state index contributed by atoms with van der Waals surface area (Å²) in [4.78, 5) is 19.2. The van der Waals surface area contributed by atoms with E-state index in [1.54, 1.807) is 34.1 Å². The molecule has 0 bridgehead atoms. The number of H-pyrrole nitrogens is 1. The standard InChI is InChI=1S/C18H20N6O3/c1-12-20-17(22-21-12)16-11-24(7-8-26-16)18(25)14-5-3-4-6-15(14)27-13-9-19-23(2)10-13/h3-6,9-10,16H,7-8,11H2,1-2H3,(H,20,21,22). The van der Waals surface area contributed by atoms with Crippen molar-refractivity contribution in [1.29, 1.82) is 0 Å². The first-order valence-electron chi connectivity index (χ1n) is 8.65. The van der Waals surface area contributed by atoms with Gasteiger partial charge in [0.2, 0.25) is 0 Å². The van der Waals surface area contributed by atoms with Gasteiger partial charge >= 0.3 is 0 Å². The third kappa shape index (κ3) is 3.68. The second-order valence-corrected chi connectivity index (χ2v) is 6.34. The van der Waals surface area contributed by atoms with Gasteiger partial charge in [-0.15, -0.1) is 0 Å². The average Bonchev–Trinajstić information content (AvgIpc) is 3.30. The van der Waals surface area contributed by atoms with E-state index in [0.29, 0.717) is 48.4 Å². The van der Waals surface area contributed by atoms with Gasteiger partial charge in [-0.2, -0.15) is 10.2 Å². The number of morpholine rings is 1. The van der Waals surface area contributed by atoms with Gasteiger partial charge in [-0.1, -0.05) is 12.1 Å². The molecule has 1 aliphatic rings. The highest BCUT2D eigenvalue weighted by Crippen LogP contribution is 2.27. The second-order valence-electron chi connectivity index (χ2n) is 6.34. The third-order valence-corrected chi connectivity index (χ3v) is 4.28. The smallest absolute Gasteiger partial charge is 0.257 e. The molecule has 140 valence electrons. The molecule has 4 rings (SSSR count). The van der Waals surface area contributed by atoms with Crippen molar-refractivity contribution >= 4 is 5.91 Å². The van der Waals surface area contributed by atoms with Crippen molar-refractivity contribution in [3.05, 3.63) is 53.9 Å². The molecule has 0 spiro atoms. The van der Waals surface area contributed by atoms with E-state index in [0.717, 1.165) is 0 Å². The molecule has 1 fully saturated rings. The van der Waals surface area contributed by atoms with Gasteiger partial charge in [-0.25, -0.2) is 4.98 Å². The number of nitrogens with one attached hydrogen (secondary N) is 1. The van der Waals surface area contributed by atoms with Gasteiger partial charge in [0.1, 0.15) is 17.7 Å². The summed E-state index contributed by atoms with van der Waals surface area (Å²) in [6, 6.07) is 7.19. The van der Waals surface area contributed by atoms with Gasteiger partial charge in [-0.3, -0.25) is 14.6 Å². The van der Waals surface area contributed by atoms with Crippen LogP contribution in [0.1, 0.15) is 28.1 Å². The van der Waals surface area contributed by atoms with E-state index in [-0.39, 0.29) is 12.0 Å². The highest BCUT2D eigenvalue weighted by Gasteiger charge is 2.29. The van der Waals surface area contributed by atoms with Gasteiger partial charge in [0, 0.05) is 13.6 Å². The largest absolute Gasteiger partial charge is 0.453 e. The zero-order valence-electron chi connectivity index (χ0n) is 15.1. The van der Waals surface area contributed by atoms with E-state index in [4.69, 9.17) is 9.47 Å². The monoisotopic (exact) mass is 368 g/mol. The van der Waals surface area contributed by atoms with E-state index in [1.807, 2.05) is 26.1 Å². The molecule has 0 saturated carbocycles. The maximum atomic E-state index is 13.1. The normalized spacial score (nSPS) is 17.1. The predicted octanol–water partition coefficient (Wildman–Crippen LogP) is 1.85. The fraction of sp³-hybridized carbons (Fsp3) is 0.333. The Hall–Kier alpha value is -3.20. The molecule has 1 aliphatic heterocycles. The first-order chi connectivity index (χ1) is 13.1. The Morgan fingerprint density at radius 2 is 2.22 bits per heavy atom. The molecular formula is C18H20N6O3. The Morgan fingerprint density at radius 1 is 1.37 bits per heavy atom. The molecule has 27 heavy (non-hydrogen) atoms. The molecule has 0 aliphatic carbocycles. The van der Waals surface area contributed by atoms with Crippen LogP contribution in [0.5, 0.6) is 11.5 Å². The summed E-state index contributed by atoms with van der Waals surface area (Å²) in [6.45, 7) is 3.14. The summed E-state index contributed by atoms with van der Waals surface area (Å²) in [5, 5.41) is 11.0. The molecule has 1 saturated heterocycles. The number of aromatic amines is 1. The minimum atomic E-state index is -0.348. The Morgan fingerprint density at radius 3 is 2.96 bits per heavy atom. The van der Waals surface area contributed by atoms with Crippen molar-refractivity contribution in [1.82, 2.24) is 29.9 Å². The molecule has 1 amide bonds. The number of hydrogen-bond donors (Lipinski definition) is 1. The molecule has 3 aromatic rings. The van der Waals surface area contributed by atoms with E-state index in [9.17, 15) is 4.79 Å². The highest BCUT2D eigenvalue weighted by molar-refractivity contribution is 5.97. The van der Waals surface area contributed by atoms with Crippen LogP contribution in [0.25, 0.3) is 0 Å². The fourth-order valence-electron chi connectivity index (χ4n) is 2.98. The minimum Gasteiger partial charge on any atom is -0.453 e. The van der Waals surface area contributed by atoms with Crippen molar-refractivity contribution in [3.8, 4) is 11.5 Å². The van der Waals surface area contributed by atoms with E-state index in [1.165, 1.54) is 0 Å². The third-order valence-electron chi connectivity index (χ3n) is 4.28. The quantitative estimate of drug-likeness (QED) is 0.755. The molecule has 0 radical (unpaired) electrons. The minimum absolute atomic E-state index is 0.116. The van der Waals surface area contributed by atoms with Crippen molar-refractivity contribution in [3.63, 3.8) is 0 Å². The zero-order valence-corrected chi connectivity index (χ0v) is 15.1. The lowest BCUT2D eigenvalue weighted by atomic mass is 10.1. The first-order valence-corrected chi connectivity index (χ1v) is 8.65. The van der Waals surface area contributed by atoms with Crippen LogP contribution in [0, 0.1) is 6.92 Å². The average molecular weight is 368 g/mol. The summed E-state index contributed by atoms with van der Waals surface area (Å²) >= 11 is 0. The van der Waals surface area contributed by atoms with Gasteiger partial charge in [0.15, 0.2) is 11.6 Å². The molecule has 9 heteroatoms.